The molecule has 2 aromatic rings. The highest BCUT2D eigenvalue weighted by Gasteiger charge is 2.45. The van der Waals surface area contributed by atoms with Crippen LogP contribution in [-0.2, 0) is 10.2 Å². The molecular formula is C17H15NO. The van der Waals surface area contributed by atoms with Crippen LogP contribution >= 0.6 is 0 Å². The van der Waals surface area contributed by atoms with E-state index < -0.39 is 0 Å². The molecule has 2 aliphatic rings. The molecule has 1 saturated heterocycles. The highest BCUT2D eigenvalue weighted by atomic mass is 16.2. The standard InChI is InChI=1S/C17H15NO/c19-16-17(8-9-18-16)7-3-6-14-10-12-4-1-2-5-13(12)11-15(14)17/h1-6,10-11H,7-9H2,(H,18,19). The Kier molecular flexibility index (Phi) is 2.10. The van der Waals surface area contributed by atoms with Crippen molar-refractivity contribution in [2.45, 2.75) is 18.3 Å². The Balaban J connectivity index is 2.02. The van der Waals surface area contributed by atoms with Gasteiger partial charge in [-0.3, -0.25) is 4.79 Å². The lowest BCUT2D eigenvalue weighted by molar-refractivity contribution is -0.123. The van der Waals surface area contributed by atoms with Gasteiger partial charge in [-0.15, -0.1) is 0 Å². The number of benzene rings is 2. The van der Waals surface area contributed by atoms with Gasteiger partial charge in [0.1, 0.15) is 0 Å². The lowest BCUT2D eigenvalue weighted by Gasteiger charge is -2.30. The van der Waals surface area contributed by atoms with Crippen molar-refractivity contribution in [2.24, 2.45) is 0 Å². The van der Waals surface area contributed by atoms with Gasteiger partial charge in [-0.05, 0) is 46.9 Å². The molecule has 1 unspecified atom stereocenters. The van der Waals surface area contributed by atoms with Crippen molar-refractivity contribution < 1.29 is 4.79 Å². The molecule has 0 saturated carbocycles. The Bertz CT molecular complexity index is 716. The van der Waals surface area contributed by atoms with Gasteiger partial charge in [0.25, 0.3) is 0 Å². The SMILES string of the molecule is O=C1NCCC12CC=Cc1cc3ccccc3cc12. The van der Waals surface area contributed by atoms with Crippen LogP contribution in [0.4, 0.5) is 0 Å². The summed E-state index contributed by atoms with van der Waals surface area (Å²) < 4.78 is 0. The number of hydrogen-bond donors (Lipinski definition) is 1. The Morgan fingerprint density at radius 3 is 2.63 bits per heavy atom. The van der Waals surface area contributed by atoms with Crippen molar-refractivity contribution in [2.75, 3.05) is 6.54 Å². The first-order valence-corrected chi connectivity index (χ1v) is 6.78. The van der Waals surface area contributed by atoms with Crippen LogP contribution < -0.4 is 5.32 Å². The van der Waals surface area contributed by atoms with E-state index >= 15 is 0 Å². The molecule has 94 valence electrons. The monoisotopic (exact) mass is 249 g/mol. The Hall–Kier alpha value is -2.09. The summed E-state index contributed by atoms with van der Waals surface area (Å²) in [7, 11) is 0. The minimum Gasteiger partial charge on any atom is -0.355 e. The van der Waals surface area contributed by atoms with Gasteiger partial charge in [-0.1, -0.05) is 36.4 Å². The number of hydrogen-bond acceptors (Lipinski definition) is 1. The van der Waals surface area contributed by atoms with Crippen molar-refractivity contribution in [3.63, 3.8) is 0 Å². The zero-order valence-electron chi connectivity index (χ0n) is 10.6. The van der Waals surface area contributed by atoms with E-state index in [0.29, 0.717) is 0 Å². The molecular weight excluding hydrogens is 234 g/mol. The van der Waals surface area contributed by atoms with Crippen LogP contribution in [0, 0.1) is 0 Å². The fourth-order valence-electron chi connectivity index (χ4n) is 3.43. The van der Waals surface area contributed by atoms with Gasteiger partial charge in [0.05, 0.1) is 5.41 Å². The molecule has 1 N–H and O–H groups in total. The van der Waals surface area contributed by atoms with Crippen LogP contribution in [0.2, 0.25) is 0 Å². The molecule has 1 atom stereocenters. The molecule has 0 radical (unpaired) electrons. The largest absolute Gasteiger partial charge is 0.355 e. The van der Waals surface area contributed by atoms with Gasteiger partial charge < -0.3 is 5.32 Å². The van der Waals surface area contributed by atoms with E-state index in [-0.39, 0.29) is 11.3 Å². The van der Waals surface area contributed by atoms with Crippen LogP contribution in [-0.4, -0.2) is 12.5 Å². The smallest absolute Gasteiger partial charge is 0.231 e. The average molecular weight is 249 g/mol. The topological polar surface area (TPSA) is 29.1 Å². The Labute approximate surface area is 112 Å². The minimum atomic E-state index is -0.325. The summed E-state index contributed by atoms with van der Waals surface area (Å²) in [6, 6.07) is 12.8. The van der Waals surface area contributed by atoms with Crippen LogP contribution in [0.25, 0.3) is 16.8 Å². The molecule has 2 nitrogen and oxygen atoms in total. The summed E-state index contributed by atoms with van der Waals surface area (Å²) in [4.78, 5) is 12.3. The number of nitrogens with one attached hydrogen (secondary N) is 1. The summed E-state index contributed by atoms with van der Waals surface area (Å²) in [6.07, 6.45) is 6.02. The molecule has 1 fully saturated rings. The van der Waals surface area contributed by atoms with E-state index in [4.69, 9.17) is 0 Å². The third-order valence-electron chi connectivity index (χ3n) is 4.47. The summed E-state index contributed by atoms with van der Waals surface area (Å²) in [5.74, 6) is 0.188. The molecule has 0 bridgehead atoms. The lowest BCUT2D eigenvalue weighted by Crippen LogP contribution is -2.36. The first-order chi connectivity index (χ1) is 9.29. The molecule has 1 aliphatic heterocycles. The van der Waals surface area contributed by atoms with Crippen LogP contribution in [0.1, 0.15) is 24.0 Å². The van der Waals surface area contributed by atoms with Crippen LogP contribution in [0.15, 0.2) is 42.5 Å². The van der Waals surface area contributed by atoms with E-state index in [0.717, 1.165) is 19.4 Å². The van der Waals surface area contributed by atoms with Gasteiger partial charge in [-0.2, -0.15) is 0 Å². The zero-order chi connectivity index (χ0) is 12.9. The van der Waals surface area contributed by atoms with E-state index in [9.17, 15) is 4.79 Å². The van der Waals surface area contributed by atoms with Crippen molar-refractivity contribution in [1.82, 2.24) is 5.32 Å². The van der Waals surface area contributed by atoms with Gasteiger partial charge in [0.2, 0.25) is 5.91 Å². The molecule has 1 amide bonds. The maximum absolute atomic E-state index is 12.3. The first-order valence-electron chi connectivity index (χ1n) is 6.78. The summed E-state index contributed by atoms with van der Waals surface area (Å²) in [5, 5.41) is 5.45. The molecule has 1 aliphatic carbocycles. The highest BCUT2D eigenvalue weighted by molar-refractivity contribution is 5.96. The maximum atomic E-state index is 12.3. The summed E-state index contributed by atoms with van der Waals surface area (Å²) in [5.41, 5.74) is 2.07. The van der Waals surface area contributed by atoms with Gasteiger partial charge in [-0.25, -0.2) is 0 Å². The molecule has 2 aromatic carbocycles. The Morgan fingerprint density at radius 1 is 1.11 bits per heavy atom. The normalized spacial score (nSPS) is 24.7. The molecule has 1 spiro atoms. The van der Waals surface area contributed by atoms with Crippen molar-refractivity contribution in [3.05, 3.63) is 53.6 Å². The van der Waals surface area contributed by atoms with E-state index in [1.807, 2.05) is 0 Å². The molecule has 2 heteroatoms. The number of carbonyl (C=O) groups is 1. The number of amides is 1. The number of fused-ring (bicyclic) bond motifs is 3. The number of rotatable bonds is 0. The third-order valence-corrected chi connectivity index (χ3v) is 4.47. The van der Waals surface area contributed by atoms with Gasteiger partial charge >= 0.3 is 0 Å². The Morgan fingerprint density at radius 2 is 1.89 bits per heavy atom. The fraction of sp³-hybridized carbons (Fsp3) is 0.235. The fourth-order valence-corrected chi connectivity index (χ4v) is 3.43. The van der Waals surface area contributed by atoms with Crippen molar-refractivity contribution in [3.8, 4) is 0 Å². The van der Waals surface area contributed by atoms with E-state index in [1.165, 1.54) is 21.9 Å². The minimum absolute atomic E-state index is 0.188. The van der Waals surface area contributed by atoms with Crippen molar-refractivity contribution >= 4 is 22.8 Å². The van der Waals surface area contributed by atoms with E-state index in [1.54, 1.807) is 0 Å². The van der Waals surface area contributed by atoms with Crippen LogP contribution in [0.3, 0.4) is 0 Å². The summed E-state index contributed by atoms with van der Waals surface area (Å²) >= 11 is 0. The van der Waals surface area contributed by atoms with Crippen molar-refractivity contribution in [1.29, 1.82) is 0 Å². The zero-order valence-corrected chi connectivity index (χ0v) is 10.6. The number of allylic oxidation sites excluding steroid dienone is 1. The quantitative estimate of drug-likeness (QED) is 0.764. The second-order valence-corrected chi connectivity index (χ2v) is 5.48. The van der Waals surface area contributed by atoms with Crippen LogP contribution in [0.5, 0.6) is 0 Å². The average Bonchev–Trinajstić information content (AvgIpc) is 2.80. The predicted molar refractivity (Wildman–Crippen MR) is 76.9 cm³/mol. The van der Waals surface area contributed by atoms with Gasteiger partial charge in [0.15, 0.2) is 0 Å². The third kappa shape index (κ3) is 1.40. The van der Waals surface area contributed by atoms with Gasteiger partial charge in [0, 0.05) is 6.54 Å². The second-order valence-electron chi connectivity index (χ2n) is 5.48. The summed E-state index contributed by atoms with van der Waals surface area (Å²) in [6.45, 7) is 0.791. The predicted octanol–water partition coefficient (Wildman–Crippen LogP) is 3.01. The molecule has 19 heavy (non-hydrogen) atoms. The maximum Gasteiger partial charge on any atom is 0.231 e. The molecule has 4 rings (SSSR count). The molecule has 1 heterocycles. The first kappa shape index (κ1) is 10.8. The second kappa shape index (κ2) is 3.70. The van der Waals surface area contributed by atoms with E-state index in [2.05, 4.69) is 53.9 Å². The highest BCUT2D eigenvalue weighted by Crippen LogP contribution is 2.42. The molecule has 0 aromatic heterocycles. The number of carbonyl (C=O) groups excluding carboxylic acids is 1. The lowest BCUT2D eigenvalue weighted by atomic mass is 9.71.